The van der Waals surface area contributed by atoms with Crippen molar-refractivity contribution in [2.45, 2.75) is 20.3 Å². The number of nitrogens with zero attached hydrogens (tertiary/aromatic N) is 1. The van der Waals surface area contributed by atoms with Crippen molar-refractivity contribution in [2.75, 3.05) is 23.7 Å². The second-order valence-electron chi connectivity index (χ2n) is 5.05. The van der Waals surface area contributed by atoms with E-state index in [2.05, 4.69) is 18.7 Å². The van der Waals surface area contributed by atoms with Crippen LogP contribution in [0.1, 0.15) is 20.3 Å². The van der Waals surface area contributed by atoms with Crippen LogP contribution in [0.4, 0.5) is 11.4 Å². The van der Waals surface area contributed by atoms with Gasteiger partial charge in [-0.3, -0.25) is 0 Å². The van der Waals surface area contributed by atoms with Gasteiger partial charge >= 0.3 is 0 Å². The molecule has 3 heteroatoms. The number of rotatable bonds is 1. The van der Waals surface area contributed by atoms with Crippen molar-refractivity contribution < 1.29 is 0 Å². The zero-order valence-corrected chi connectivity index (χ0v) is 10.7. The highest BCUT2D eigenvalue weighted by Gasteiger charge is 2.22. The molecule has 0 unspecified atom stereocenters. The van der Waals surface area contributed by atoms with Crippen molar-refractivity contribution in [3.05, 3.63) is 23.2 Å². The van der Waals surface area contributed by atoms with Crippen molar-refractivity contribution in [3.8, 4) is 0 Å². The smallest absolute Gasteiger partial charge is 0.0601 e. The molecule has 16 heavy (non-hydrogen) atoms. The molecule has 0 radical (unpaired) electrons. The van der Waals surface area contributed by atoms with Crippen LogP contribution in [0.5, 0.6) is 0 Å². The molecule has 1 aliphatic heterocycles. The van der Waals surface area contributed by atoms with Gasteiger partial charge in [-0.25, -0.2) is 0 Å². The highest BCUT2D eigenvalue weighted by molar-refractivity contribution is 6.31. The monoisotopic (exact) mass is 238 g/mol. The number of anilines is 2. The molecule has 0 saturated carbocycles. The van der Waals surface area contributed by atoms with Gasteiger partial charge in [-0.1, -0.05) is 25.4 Å². The molecule has 1 fully saturated rings. The number of benzene rings is 1. The van der Waals surface area contributed by atoms with E-state index in [0.29, 0.717) is 5.02 Å². The third-order valence-corrected chi connectivity index (χ3v) is 3.43. The predicted octanol–water partition coefficient (Wildman–Crippen LogP) is 3.40. The maximum Gasteiger partial charge on any atom is 0.0601 e. The summed E-state index contributed by atoms with van der Waals surface area (Å²) in [6, 6.07) is 5.78. The number of hydrogen-bond donors (Lipinski definition) is 1. The Kier molecular flexibility index (Phi) is 3.29. The third-order valence-electron chi connectivity index (χ3n) is 3.20. The van der Waals surface area contributed by atoms with E-state index in [9.17, 15) is 0 Å². The lowest BCUT2D eigenvalue weighted by molar-refractivity contribution is 0.357. The topological polar surface area (TPSA) is 29.3 Å². The van der Waals surface area contributed by atoms with E-state index in [0.717, 1.165) is 36.3 Å². The Hall–Kier alpha value is -0.890. The lowest BCUT2D eigenvalue weighted by Crippen LogP contribution is -2.39. The van der Waals surface area contributed by atoms with Gasteiger partial charge in [-0.2, -0.15) is 0 Å². The van der Waals surface area contributed by atoms with Crippen LogP contribution in [0, 0.1) is 11.8 Å². The standard InChI is InChI=1S/C13H19ClN2/c1-9-5-10(2)8-16(7-9)13-4-3-11(14)6-12(13)15/h3-4,6,9-10H,5,7-8,15H2,1-2H3/t9-,10+. The first-order valence-corrected chi connectivity index (χ1v) is 6.24. The van der Waals surface area contributed by atoms with Gasteiger partial charge in [0.15, 0.2) is 0 Å². The van der Waals surface area contributed by atoms with Crippen LogP contribution < -0.4 is 10.6 Å². The van der Waals surface area contributed by atoms with E-state index in [-0.39, 0.29) is 0 Å². The summed E-state index contributed by atoms with van der Waals surface area (Å²) < 4.78 is 0. The molecular weight excluding hydrogens is 220 g/mol. The number of nitrogens with two attached hydrogens (primary N) is 1. The molecule has 2 rings (SSSR count). The number of piperidine rings is 1. The molecule has 1 aromatic rings. The highest BCUT2D eigenvalue weighted by atomic mass is 35.5. The Labute approximate surface area is 102 Å². The molecule has 0 bridgehead atoms. The van der Waals surface area contributed by atoms with Gasteiger partial charge in [-0.15, -0.1) is 0 Å². The van der Waals surface area contributed by atoms with E-state index in [1.54, 1.807) is 0 Å². The Balaban J connectivity index is 2.23. The minimum Gasteiger partial charge on any atom is -0.397 e. The molecule has 0 spiro atoms. The summed E-state index contributed by atoms with van der Waals surface area (Å²) in [7, 11) is 0. The van der Waals surface area contributed by atoms with Crippen LogP contribution in [0.25, 0.3) is 0 Å². The zero-order valence-electron chi connectivity index (χ0n) is 9.91. The first kappa shape index (κ1) is 11.6. The van der Waals surface area contributed by atoms with Crippen molar-refractivity contribution in [1.29, 1.82) is 0 Å². The molecule has 0 aliphatic carbocycles. The van der Waals surface area contributed by atoms with Crippen LogP contribution in [-0.2, 0) is 0 Å². The van der Waals surface area contributed by atoms with E-state index in [4.69, 9.17) is 17.3 Å². The minimum absolute atomic E-state index is 0.708. The van der Waals surface area contributed by atoms with Gasteiger partial charge in [-0.05, 0) is 36.5 Å². The average molecular weight is 239 g/mol. The van der Waals surface area contributed by atoms with Crippen LogP contribution in [0.3, 0.4) is 0 Å². The first-order chi connectivity index (χ1) is 7.56. The Morgan fingerprint density at radius 3 is 2.44 bits per heavy atom. The lowest BCUT2D eigenvalue weighted by Gasteiger charge is -2.37. The van der Waals surface area contributed by atoms with Crippen molar-refractivity contribution in [3.63, 3.8) is 0 Å². The second-order valence-corrected chi connectivity index (χ2v) is 5.49. The summed E-state index contributed by atoms with van der Waals surface area (Å²) in [6.07, 6.45) is 1.31. The summed E-state index contributed by atoms with van der Waals surface area (Å²) in [5.41, 5.74) is 7.93. The van der Waals surface area contributed by atoms with Crippen molar-refractivity contribution in [2.24, 2.45) is 11.8 Å². The molecule has 1 aliphatic rings. The maximum atomic E-state index is 6.02. The fourth-order valence-electron chi connectivity index (χ4n) is 2.67. The lowest BCUT2D eigenvalue weighted by atomic mass is 9.91. The normalized spacial score (nSPS) is 25.8. The first-order valence-electron chi connectivity index (χ1n) is 5.86. The van der Waals surface area contributed by atoms with Crippen LogP contribution in [-0.4, -0.2) is 13.1 Å². The van der Waals surface area contributed by atoms with E-state index < -0.39 is 0 Å². The largest absolute Gasteiger partial charge is 0.397 e. The van der Waals surface area contributed by atoms with Crippen molar-refractivity contribution in [1.82, 2.24) is 0 Å². The summed E-state index contributed by atoms with van der Waals surface area (Å²) >= 11 is 5.91. The minimum atomic E-state index is 0.708. The quantitative estimate of drug-likeness (QED) is 0.760. The van der Waals surface area contributed by atoms with E-state index in [1.165, 1.54) is 6.42 Å². The summed E-state index contributed by atoms with van der Waals surface area (Å²) in [5.74, 6) is 1.47. The van der Waals surface area contributed by atoms with Crippen LogP contribution in [0.15, 0.2) is 18.2 Å². The molecule has 0 amide bonds. The van der Waals surface area contributed by atoms with E-state index >= 15 is 0 Å². The van der Waals surface area contributed by atoms with Gasteiger partial charge in [0.25, 0.3) is 0 Å². The average Bonchev–Trinajstić information content (AvgIpc) is 2.15. The molecule has 1 saturated heterocycles. The van der Waals surface area contributed by atoms with Gasteiger partial charge in [0, 0.05) is 18.1 Å². The molecule has 88 valence electrons. The summed E-state index contributed by atoms with van der Waals surface area (Å²) in [6.45, 7) is 6.79. The molecule has 1 heterocycles. The molecular formula is C13H19ClN2. The van der Waals surface area contributed by atoms with Crippen LogP contribution in [0.2, 0.25) is 5.02 Å². The maximum absolute atomic E-state index is 6.02. The predicted molar refractivity (Wildman–Crippen MR) is 71.0 cm³/mol. The van der Waals surface area contributed by atoms with Crippen LogP contribution >= 0.6 is 11.6 Å². The van der Waals surface area contributed by atoms with Gasteiger partial charge < -0.3 is 10.6 Å². The Bertz CT molecular complexity index is 368. The van der Waals surface area contributed by atoms with Crippen molar-refractivity contribution >= 4 is 23.0 Å². The summed E-state index contributed by atoms with van der Waals surface area (Å²) in [4.78, 5) is 2.38. The zero-order chi connectivity index (χ0) is 11.7. The van der Waals surface area contributed by atoms with Gasteiger partial charge in [0.2, 0.25) is 0 Å². The number of nitrogen functional groups attached to an aromatic ring is 1. The van der Waals surface area contributed by atoms with Gasteiger partial charge in [0.1, 0.15) is 0 Å². The Morgan fingerprint density at radius 2 is 1.88 bits per heavy atom. The Morgan fingerprint density at radius 1 is 1.25 bits per heavy atom. The number of halogens is 1. The fourth-order valence-corrected chi connectivity index (χ4v) is 2.85. The SMILES string of the molecule is C[C@@H]1C[C@H](C)CN(c2ccc(Cl)cc2N)C1. The highest BCUT2D eigenvalue weighted by Crippen LogP contribution is 2.31. The molecule has 1 aromatic carbocycles. The fraction of sp³-hybridized carbons (Fsp3) is 0.538. The van der Waals surface area contributed by atoms with E-state index in [1.807, 2.05) is 18.2 Å². The number of hydrogen-bond acceptors (Lipinski definition) is 2. The summed E-state index contributed by atoms with van der Waals surface area (Å²) in [5, 5.41) is 0.708. The van der Waals surface area contributed by atoms with Gasteiger partial charge in [0.05, 0.1) is 11.4 Å². The second kappa shape index (κ2) is 4.54. The molecule has 2 atom stereocenters. The molecule has 2 N–H and O–H groups in total. The molecule has 0 aromatic heterocycles. The molecule has 2 nitrogen and oxygen atoms in total. The third kappa shape index (κ3) is 2.43.